The monoisotopic (exact) mass is 334 g/mol. The first-order valence-corrected chi connectivity index (χ1v) is 8.01. The Bertz CT molecular complexity index is 675. The molecule has 2 aromatic rings. The maximum absolute atomic E-state index is 12.5. The molecule has 0 saturated carbocycles. The summed E-state index contributed by atoms with van der Waals surface area (Å²) < 4.78 is 1.66. The van der Waals surface area contributed by atoms with Gasteiger partial charge in [0.2, 0.25) is 0 Å². The number of benzene rings is 1. The predicted octanol–water partition coefficient (Wildman–Crippen LogP) is 2.76. The minimum Gasteiger partial charge on any atom is -0.396 e. The number of rotatable bonds is 3. The summed E-state index contributed by atoms with van der Waals surface area (Å²) in [6.07, 6.45) is 5.33. The Kier molecular flexibility index (Phi) is 4.83. The summed E-state index contributed by atoms with van der Waals surface area (Å²) in [4.78, 5) is 14.2. The fourth-order valence-electron chi connectivity index (χ4n) is 2.80. The molecule has 0 aliphatic carbocycles. The number of aliphatic hydroxyl groups excluding tert-OH is 1. The Morgan fingerprint density at radius 3 is 3.09 bits per heavy atom. The Hall–Kier alpha value is -2.05. The Morgan fingerprint density at radius 1 is 1.48 bits per heavy atom. The van der Waals surface area contributed by atoms with Crippen molar-refractivity contribution in [1.82, 2.24) is 14.7 Å². The highest BCUT2D eigenvalue weighted by atomic mass is 35.5. The summed E-state index contributed by atoms with van der Waals surface area (Å²) in [5.41, 5.74) is 1.36. The third kappa shape index (κ3) is 3.65. The molecule has 1 aromatic carbocycles. The summed E-state index contributed by atoms with van der Waals surface area (Å²) in [5.74, 6) is 0.158. The molecule has 0 bridgehead atoms. The average molecular weight is 335 g/mol. The second-order valence-electron chi connectivity index (χ2n) is 5.68. The highest BCUT2D eigenvalue weighted by Crippen LogP contribution is 2.25. The van der Waals surface area contributed by atoms with E-state index in [4.69, 9.17) is 11.6 Å². The number of likely N-dealkylation sites (tertiary alicyclic amines) is 1. The van der Waals surface area contributed by atoms with Gasteiger partial charge in [0, 0.05) is 37.1 Å². The van der Waals surface area contributed by atoms with E-state index in [1.165, 1.54) is 0 Å². The van der Waals surface area contributed by atoms with Crippen molar-refractivity contribution in [3.63, 3.8) is 0 Å². The molecule has 2 heterocycles. The van der Waals surface area contributed by atoms with E-state index in [1.54, 1.807) is 40.2 Å². The lowest BCUT2D eigenvalue weighted by Gasteiger charge is -2.32. The molecule has 122 valence electrons. The standard InChI is InChI=1S/C16H19ClN4O2/c17-13-4-5-14(15(9-13)21-8-2-6-18-21)19-16(23)20-7-1-3-12(10-20)11-22/h2,4-6,8-9,12,22H,1,3,7,10-11H2,(H,19,23)/t12-/m0/s1. The zero-order chi connectivity index (χ0) is 16.2. The molecular formula is C16H19ClN4O2. The number of aliphatic hydroxyl groups is 1. The third-order valence-electron chi connectivity index (χ3n) is 4.02. The van der Waals surface area contributed by atoms with E-state index in [9.17, 15) is 9.90 Å². The van der Waals surface area contributed by atoms with Crippen LogP contribution in [0.3, 0.4) is 0 Å². The number of piperidine rings is 1. The van der Waals surface area contributed by atoms with Crippen LogP contribution in [0.15, 0.2) is 36.7 Å². The Morgan fingerprint density at radius 2 is 2.35 bits per heavy atom. The van der Waals surface area contributed by atoms with Crippen molar-refractivity contribution in [2.45, 2.75) is 12.8 Å². The van der Waals surface area contributed by atoms with Gasteiger partial charge in [-0.2, -0.15) is 5.10 Å². The van der Waals surface area contributed by atoms with Crippen LogP contribution in [0.25, 0.3) is 5.69 Å². The molecule has 23 heavy (non-hydrogen) atoms. The molecule has 1 saturated heterocycles. The van der Waals surface area contributed by atoms with Gasteiger partial charge >= 0.3 is 6.03 Å². The van der Waals surface area contributed by atoms with Crippen LogP contribution in [-0.2, 0) is 0 Å². The zero-order valence-corrected chi connectivity index (χ0v) is 13.4. The van der Waals surface area contributed by atoms with Gasteiger partial charge in [-0.05, 0) is 43.0 Å². The van der Waals surface area contributed by atoms with Crippen LogP contribution >= 0.6 is 11.6 Å². The quantitative estimate of drug-likeness (QED) is 0.906. The fourth-order valence-corrected chi connectivity index (χ4v) is 2.97. The van der Waals surface area contributed by atoms with E-state index < -0.39 is 0 Å². The first-order valence-electron chi connectivity index (χ1n) is 7.63. The summed E-state index contributed by atoms with van der Waals surface area (Å²) in [5, 5.41) is 17.0. The van der Waals surface area contributed by atoms with Gasteiger partial charge in [-0.1, -0.05) is 11.6 Å². The van der Waals surface area contributed by atoms with Gasteiger partial charge in [0.25, 0.3) is 0 Å². The lowest BCUT2D eigenvalue weighted by molar-refractivity contribution is 0.136. The van der Waals surface area contributed by atoms with Gasteiger partial charge in [-0.15, -0.1) is 0 Å². The van der Waals surface area contributed by atoms with Crippen molar-refractivity contribution < 1.29 is 9.90 Å². The minimum atomic E-state index is -0.168. The second-order valence-corrected chi connectivity index (χ2v) is 6.12. The highest BCUT2D eigenvalue weighted by molar-refractivity contribution is 6.30. The number of amides is 2. The van der Waals surface area contributed by atoms with Crippen molar-refractivity contribution in [2.24, 2.45) is 5.92 Å². The van der Waals surface area contributed by atoms with E-state index in [0.717, 1.165) is 12.8 Å². The van der Waals surface area contributed by atoms with Gasteiger partial charge in [0.05, 0.1) is 11.4 Å². The van der Waals surface area contributed by atoms with E-state index >= 15 is 0 Å². The van der Waals surface area contributed by atoms with Crippen molar-refractivity contribution in [1.29, 1.82) is 0 Å². The van der Waals surface area contributed by atoms with E-state index in [2.05, 4.69) is 10.4 Å². The summed E-state index contributed by atoms with van der Waals surface area (Å²) in [7, 11) is 0. The number of carbonyl (C=O) groups is 1. The molecular weight excluding hydrogens is 316 g/mol. The number of carbonyl (C=O) groups excluding carboxylic acids is 1. The molecule has 1 fully saturated rings. The number of nitrogens with zero attached hydrogens (tertiary/aromatic N) is 3. The maximum atomic E-state index is 12.5. The molecule has 0 spiro atoms. The number of anilines is 1. The molecule has 0 unspecified atom stereocenters. The van der Waals surface area contributed by atoms with Crippen LogP contribution in [0.4, 0.5) is 10.5 Å². The lowest BCUT2D eigenvalue weighted by atomic mass is 9.99. The first-order chi connectivity index (χ1) is 11.2. The number of hydrogen-bond acceptors (Lipinski definition) is 3. The van der Waals surface area contributed by atoms with Gasteiger partial charge in [-0.3, -0.25) is 0 Å². The summed E-state index contributed by atoms with van der Waals surface area (Å²) in [6, 6.07) is 6.90. The molecule has 1 atom stereocenters. The third-order valence-corrected chi connectivity index (χ3v) is 4.25. The summed E-state index contributed by atoms with van der Waals surface area (Å²) >= 11 is 6.06. The van der Waals surface area contributed by atoms with E-state index in [0.29, 0.717) is 29.5 Å². The second kappa shape index (κ2) is 7.02. The number of aromatic nitrogens is 2. The van der Waals surface area contributed by atoms with Crippen molar-refractivity contribution in [3.05, 3.63) is 41.7 Å². The normalized spacial score (nSPS) is 18.0. The molecule has 6 nitrogen and oxygen atoms in total. The van der Waals surface area contributed by atoms with Gasteiger partial charge in [0.15, 0.2) is 0 Å². The SMILES string of the molecule is O=C(Nc1ccc(Cl)cc1-n1cccn1)N1CCC[C@H](CO)C1. The maximum Gasteiger partial charge on any atom is 0.321 e. The minimum absolute atomic E-state index is 0.114. The molecule has 2 N–H and O–H groups in total. The molecule has 3 rings (SSSR count). The smallest absolute Gasteiger partial charge is 0.321 e. The van der Waals surface area contributed by atoms with Crippen LogP contribution in [0.1, 0.15) is 12.8 Å². The molecule has 7 heteroatoms. The van der Waals surface area contributed by atoms with E-state index in [1.807, 2.05) is 6.07 Å². The number of hydrogen-bond donors (Lipinski definition) is 2. The van der Waals surface area contributed by atoms with Crippen molar-refractivity contribution in [3.8, 4) is 5.69 Å². The Balaban J connectivity index is 1.78. The van der Waals surface area contributed by atoms with E-state index in [-0.39, 0.29) is 18.6 Å². The van der Waals surface area contributed by atoms with Crippen LogP contribution < -0.4 is 5.32 Å². The molecule has 2 amide bonds. The predicted molar refractivity (Wildman–Crippen MR) is 89.0 cm³/mol. The van der Waals surface area contributed by atoms with Crippen LogP contribution in [0.5, 0.6) is 0 Å². The fraction of sp³-hybridized carbons (Fsp3) is 0.375. The van der Waals surface area contributed by atoms with Gasteiger partial charge < -0.3 is 15.3 Å². The molecule has 1 aromatic heterocycles. The largest absolute Gasteiger partial charge is 0.396 e. The highest BCUT2D eigenvalue weighted by Gasteiger charge is 2.23. The number of urea groups is 1. The van der Waals surface area contributed by atoms with Crippen molar-refractivity contribution >= 4 is 23.3 Å². The van der Waals surface area contributed by atoms with Crippen LogP contribution in [-0.4, -0.2) is 45.5 Å². The Labute approximate surface area is 139 Å². The molecule has 1 aliphatic heterocycles. The zero-order valence-electron chi connectivity index (χ0n) is 12.7. The molecule has 0 radical (unpaired) electrons. The summed E-state index contributed by atoms with van der Waals surface area (Å²) in [6.45, 7) is 1.39. The average Bonchev–Trinajstić information content (AvgIpc) is 3.11. The van der Waals surface area contributed by atoms with Crippen molar-refractivity contribution in [2.75, 3.05) is 25.0 Å². The first kappa shape index (κ1) is 15.8. The van der Waals surface area contributed by atoms with Gasteiger partial charge in [0.1, 0.15) is 0 Å². The number of halogens is 1. The van der Waals surface area contributed by atoms with Crippen LogP contribution in [0.2, 0.25) is 5.02 Å². The van der Waals surface area contributed by atoms with Crippen LogP contribution in [0, 0.1) is 5.92 Å². The molecule has 1 aliphatic rings. The van der Waals surface area contributed by atoms with Gasteiger partial charge in [-0.25, -0.2) is 9.48 Å². The topological polar surface area (TPSA) is 70.4 Å². The number of nitrogens with one attached hydrogen (secondary N) is 1. The lowest BCUT2D eigenvalue weighted by Crippen LogP contribution is -2.43.